The molecule has 7 heteroatoms. The van der Waals surface area contributed by atoms with E-state index >= 15 is 0 Å². The Balaban J connectivity index is 1.81. The molecule has 1 saturated carbocycles. The number of hydrogen-bond acceptors (Lipinski definition) is 5. The smallest absolute Gasteiger partial charge is 0.270 e. The zero-order chi connectivity index (χ0) is 16.4. The highest BCUT2D eigenvalue weighted by Gasteiger charge is 2.50. The zero-order valence-electron chi connectivity index (χ0n) is 13.5. The van der Waals surface area contributed by atoms with Crippen LogP contribution in [0.2, 0.25) is 0 Å². The topological polar surface area (TPSA) is 89.9 Å². The van der Waals surface area contributed by atoms with Crippen molar-refractivity contribution in [2.45, 2.75) is 45.1 Å². The molecule has 23 heavy (non-hydrogen) atoms. The fourth-order valence-electron chi connectivity index (χ4n) is 3.28. The number of nitrogens with two attached hydrogens (primary N) is 1. The molecule has 0 unspecified atom stereocenters. The molecule has 4 rings (SSSR count). The molecule has 2 aliphatic carbocycles. The lowest BCUT2D eigenvalue weighted by atomic mass is 10.1. The number of amides is 1. The van der Waals surface area contributed by atoms with Gasteiger partial charge in [-0.1, -0.05) is 0 Å². The molecule has 2 aromatic heterocycles. The summed E-state index contributed by atoms with van der Waals surface area (Å²) < 4.78 is 1.78. The SMILES string of the molecule is CC(C)(C)N(N)C(=O)c1nn(-c2cnccn2)c2c1C[C@H]1C[C@@H]21. The number of fused-ring (bicyclic) bond motifs is 3. The first-order valence-electron chi connectivity index (χ1n) is 7.85. The first kappa shape index (κ1) is 14.3. The second kappa shape index (κ2) is 4.61. The second-order valence-electron chi connectivity index (χ2n) is 7.34. The van der Waals surface area contributed by atoms with Crippen LogP contribution < -0.4 is 5.84 Å². The minimum atomic E-state index is -0.457. The van der Waals surface area contributed by atoms with Crippen molar-refractivity contribution in [1.29, 1.82) is 0 Å². The van der Waals surface area contributed by atoms with E-state index < -0.39 is 5.54 Å². The Kier molecular flexibility index (Phi) is 2.87. The van der Waals surface area contributed by atoms with Crippen LogP contribution in [0, 0.1) is 5.92 Å². The maximum atomic E-state index is 12.8. The molecule has 7 nitrogen and oxygen atoms in total. The molecule has 0 aliphatic heterocycles. The predicted molar refractivity (Wildman–Crippen MR) is 83.8 cm³/mol. The van der Waals surface area contributed by atoms with E-state index in [-0.39, 0.29) is 5.91 Å². The van der Waals surface area contributed by atoms with E-state index in [1.165, 1.54) is 5.01 Å². The van der Waals surface area contributed by atoms with Crippen molar-refractivity contribution in [2.75, 3.05) is 0 Å². The van der Waals surface area contributed by atoms with Gasteiger partial charge in [0, 0.05) is 23.9 Å². The molecule has 0 saturated heterocycles. The first-order valence-corrected chi connectivity index (χ1v) is 7.85. The summed E-state index contributed by atoms with van der Waals surface area (Å²) in [5.74, 6) is 7.56. The molecule has 120 valence electrons. The standard InChI is InChI=1S/C16H20N6O/c1-16(2,3)22(17)15(23)13-11-7-9-6-10(9)14(11)21(20-13)12-8-18-4-5-19-12/h4-5,8-10H,6-7,17H2,1-3H3/t9-,10-/m1/s1. The summed E-state index contributed by atoms with van der Waals surface area (Å²) >= 11 is 0. The van der Waals surface area contributed by atoms with Crippen LogP contribution in [-0.4, -0.2) is 36.2 Å². The third kappa shape index (κ3) is 2.15. The molecular formula is C16H20N6O. The molecule has 0 bridgehead atoms. The number of hydrogen-bond donors (Lipinski definition) is 1. The lowest BCUT2D eigenvalue weighted by Gasteiger charge is -2.30. The van der Waals surface area contributed by atoms with Crippen molar-refractivity contribution in [3.05, 3.63) is 35.5 Å². The zero-order valence-corrected chi connectivity index (χ0v) is 13.5. The molecule has 2 heterocycles. The number of carbonyl (C=O) groups excluding carboxylic acids is 1. The Morgan fingerprint density at radius 3 is 2.83 bits per heavy atom. The van der Waals surface area contributed by atoms with E-state index in [1.807, 2.05) is 20.8 Å². The Morgan fingerprint density at radius 2 is 2.17 bits per heavy atom. The van der Waals surface area contributed by atoms with Crippen molar-refractivity contribution in [3.8, 4) is 5.82 Å². The van der Waals surface area contributed by atoms with Crippen LogP contribution in [0.15, 0.2) is 18.6 Å². The van der Waals surface area contributed by atoms with E-state index in [2.05, 4.69) is 15.1 Å². The van der Waals surface area contributed by atoms with Gasteiger partial charge in [0.05, 0.1) is 17.4 Å². The van der Waals surface area contributed by atoms with E-state index in [0.29, 0.717) is 23.3 Å². The summed E-state index contributed by atoms with van der Waals surface area (Å²) in [6.45, 7) is 5.72. The summed E-state index contributed by atoms with van der Waals surface area (Å²) in [5, 5.41) is 5.82. The third-order valence-electron chi connectivity index (χ3n) is 4.67. The number of carbonyl (C=O) groups is 1. The largest absolute Gasteiger partial charge is 0.289 e. The van der Waals surface area contributed by atoms with Crippen LogP contribution in [0.1, 0.15) is 54.9 Å². The molecule has 1 amide bonds. The summed E-state index contributed by atoms with van der Waals surface area (Å²) in [6, 6.07) is 0. The Hall–Kier alpha value is -2.28. The number of aromatic nitrogens is 4. The van der Waals surface area contributed by atoms with Crippen molar-refractivity contribution in [3.63, 3.8) is 0 Å². The molecule has 2 atom stereocenters. The van der Waals surface area contributed by atoms with Crippen molar-refractivity contribution >= 4 is 5.91 Å². The van der Waals surface area contributed by atoms with Crippen molar-refractivity contribution < 1.29 is 4.79 Å². The number of rotatable bonds is 2. The average Bonchev–Trinajstić information content (AvgIpc) is 3.02. The lowest BCUT2D eigenvalue weighted by Crippen LogP contribution is -2.50. The van der Waals surface area contributed by atoms with E-state index in [9.17, 15) is 4.79 Å². The number of hydrazine groups is 1. The molecule has 0 spiro atoms. The van der Waals surface area contributed by atoms with Gasteiger partial charge in [-0.2, -0.15) is 5.10 Å². The fourth-order valence-corrected chi connectivity index (χ4v) is 3.28. The fraction of sp³-hybridized carbons (Fsp3) is 0.500. The Labute approximate surface area is 134 Å². The second-order valence-corrected chi connectivity index (χ2v) is 7.34. The van der Waals surface area contributed by atoms with Gasteiger partial charge in [-0.25, -0.2) is 15.5 Å². The molecule has 2 aliphatic rings. The minimum absolute atomic E-state index is 0.238. The minimum Gasteiger partial charge on any atom is -0.270 e. The van der Waals surface area contributed by atoms with Crippen molar-refractivity contribution in [2.24, 2.45) is 11.8 Å². The lowest BCUT2D eigenvalue weighted by molar-refractivity contribution is 0.0574. The van der Waals surface area contributed by atoms with Gasteiger partial charge in [-0.05, 0) is 39.5 Å². The average molecular weight is 312 g/mol. The highest BCUT2D eigenvalue weighted by Crippen LogP contribution is 2.57. The maximum Gasteiger partial charge on any atom is 0.289 e. The number of nitrogens with zero attached hydrogens (tertiary/aromatic N) is 5. The van der Waals surface area contributed by atoms with Crippen LogP contribution in [0.3, 0.4) is 0 Å². The van der Waals surface area contributed by atoms with E-state index in [0.717, 1.165) is 24.1 Å². The molecule has 2 N–H and O–H groups in total. The van der Waals surface area contributed by atoms with Gasteiger partial charge in [-0.15, -0.1) is 0 Å². The van der Waals surface area contributed by atoms with Crippen LogP contribution in [0.25, 0.3) is 5.82 Å². The molecule has 0 aromatic carbocycles. The van der Waals surface area contributed by atoms with Crippen LogP contribution in [0.4, 0.5) is 0 Å². The van der Waals surface area contributed by atoms with Crippen molar-refractivity contribution in [1.82, 2.24) is 24.8 Å². The summed E-state index contributed by atoms with van der Waals surface area (Å²) in [4.78, 5) is 21.2. The predicted octanol–water partition coefficient (Wildman–Crippen LogP) is 1.44. The monoisotopic (exact) mass is 312 g/mol. The molecule has 1 fully saturated rings. The summed E-state index contributed by atoms with van der Waals surface area (Å²) in [5.41, 5.74) is 2.14. The summed E-state index contributed by atoms with van der Waals surface area (Å²) in [6.07, 6.45) is 6.99. The van der Waals surface area contributed by atoms with E-state index in [1.54, 1.807) is 23.3 Å². The normalized spacial score (nSPS) is 21.7. The maximum absolute atomic E-state index is 12.8. The highest BCUT2D eigenvalue weighted by atomic mass is 16.2. The van der Waals surface area contributed by atoms with Gasteiger partial charge < -0.3 is 0 Å². The van der Waals surface area contributed by atoms with Gasteiger partial charge in [0.2, 0.25) is 0 Å². The Bertz CT molecular complexity index is 776. The quantitative estimate of drug-likeness (QED) is 0.515. The summed E-state index contributed by atoms with van der Waals surface area (Å²) in [7, 11) is 0. The van der Waals surface area contributed by atoms with Crippen LogP contribution in [0.5, 0.6) is 0 Å². The van der Waals surface area contributed by atoms with Gasteiger partial charge in [-0.3, -0.25) is 14.8 Å². The van der Waals surface area contributed by atoms with Crippen LogP contribution >= 0.6 is 0 Å². The molecule has 0 radical (unpaired) electrons. The van der Waals surface area contributed by atoms with Crippen LogP contribution in [-0.2, 0) is 6.42 Å². The highest BCUT2D eigenvalue weighted by molar-refractivity contribution is 5.94. The van der Waals surface area contributed by atoms with Gasteiger partial charge >= 0.3 is 0 Å². The van der Waals surface area contributed by atoms with Gasteiger partial charge in [0.1, 0.15) is 0 Å². The molecular weight excluding hydrogens is 292 g/mol. The van der Waals surface area contributed by atoms with E-state index in [4.69, 9.17) is 5.84 Å². The third-order valence-corrected chi connectivity index (χ3v) is 4.67. The molecule has 2 aromatic rings. The first-order chi connectivity index (χ1) is 10.9. The van der Waals surface area contributed by atoms with Gasteiger partial charge in [0.25, 0.3) is 5.91 Å². The Morgan fingerprint density at radius 1 is 1.39 bits per heavy atom. The van der Waals surface area contributed by atoms with Gasteiger partial charge in [0.15, 0.2) is 11.5 Å².